The molecule has 6 nitrogen and oxygen atoms in total. The van der Waals surface area contributed by atoms with Crippen LogP contribution in [0.3, 0.4) is 0 Å². The molecule has 0 saturated carbocycles. The molecule has 0 heterocycles. The fourth-order valence-electron chi connectivity index (χ4n) is 1.12. The fraction of sp³-hybridized carbons (Fsp3) is 0.0909. The van der Waals surface area contributed by atoms with Gasteiger partial charge in [0.05, 0.1) is 13.4 Å². The quantitative estimate of drug-likeness (QED) is 0.234. The predicted octanol–water partition coefficient (Wildman–Crippen LogP) is 2.04. The Labute approximate surface area is 162 Å². The minimum atomic E-state index is -3.65. The van der Waals surface area contributed by atoms with E-state index in [2.05, 4.69) is 22.6 Å². The molecule has 10 heteroatoms. The highest BCUT2D eigenvalue weighted by Gasteiger charge is 2.12. The van der Waals surface area contributed by atoms with E-state index in [1.165, 1.54) is 0 Å². The van der Waals surface area contributed by atoms with Crippen LogP contribution < -0.4 is 9.46 Å². The average Bonchev–Trinajstić information content (AvgIpc) is 2.29. The van der Waals surface area contributed by atoms with Gasteiger partial charge in [0, 0.05) is 15.7 Å². The second kappa shape index (κ2) is 8.05. The summed E-state index contributed by atoms with van der Waals surface area (Å²) >= 11 is 6.22. The second-order valence-corrected chi connectivity index (χ2v) is 9.01. The lowest BCUT2D eigenvalue weighted by Crippen LogP contribution is -2.27. The van der Waals surface area contributed by atoms with Crippen molar-refractivity contribution in [3.63, 3.8) is 0 Å². The Hall–Kier alpha value is 0.0400. The number of rotatable bonds is 4. The van der Waals surface area contributed by atoms with Gasteiger partial charge >= 0.3 is 5.97 Å². The van der Waals surface area contributed by atoms with Crippen molar-refractivity contribution in [3.8, 4) is 5.75 Å². The topological polar surface area (TPSA) is 89.5 Å². The highest BCUT2D eigenvalue weighted by atomic mass is 127. The SMILES string of the molecule is CS(=O)(=O)NC(=O)/C=C\C(=O)Oc1c(I)cc(I)cc1I. The summed E-state index contributed by atoms with van der Waals surface area (Å²) in [6.07, 6.45) is 2.51. The van der Waals surface area contributed by atoms with Crippen molar-refractivity contribution in [3.05, 3.63) is 35.0 Å². The van der Waals surface area contributed by atoms with E-state index in [9.17, 15) is 18.0 Å². The smallest absolute Gasteiger partial charge is 0.336 e. The monoisotopic (exact) mass is 647 g/mol. The van der Waals surface area contributed by atoms with Crippen LogP contribution in [0.5, 0.6) is 5.75 Å². The molecule has 1 N–H and O–H groups in total. The molecule has 1 aromatic rings. The zero-order chi connectivity index (χ0) is 16.2. The molecule has 0 atom stereocenters. The first kappa shape index (κ1) is 19.1. The van der Waals surface area contributed by atoms with E-state index in [1.54, 1.807) is 4.72 Å². The van der Waals surface area contributed by atoms with Crippen molar-refractivity contribution in [1.29, 1.82) is 0 Å². The van der Waals surface area contributed by atoms with Crippen molar-refractivity contribution in [2.45, 2.75) is 0 Å². The number of hydrogen-bond donors (Lipinski definition) is 1. The molecule has 114 valence electrons. The molecule has 0 fully saturated rings. The molecular weight excluding hydrogens is 639 g/mol. The Morgan fingerprint density at radius 1 is 1.14 bits per heavy atom. The summed E-state index contributed by atoms with van der Waals surface area (Å²) in [5.74, 6) is -1.29. The third kappa shape index (κ3) is 7.23. The van der Waals surface area contributed by atoms with Gasteiger partial charge in [-0.05, 0) is 79.9 Å². The summed E-state index contributed by atoms with van der Waals surface area (Å²) in [6.45, 7) is 0. The van der Waals surface area contributed by atoms with Crippen LogP contribution in [0.2, 0.25) is 0 Å². The standard InChI is InChI=1S/C11H8I3NO5S/c1-21(18,19)15-9(16)2-3-10(17)20-11-7(13)4-6(12)5-8(11)14/h2-5H,1H3,(H,15,16)/b3-2-. The van der Waals surface area contributed by atoms with Crippen LogP contribution in [-0.4, -0.2) is 26.6 Å². The van der Waals surface area contributed by atoms with Gasteiger partial charge < -0.3 is 4.74 Å². The summed E-state index contributed by atoms with van der Waals surface area (Å²) in [4.78, 5) is 22.8. The van der Waals surface area contributed by atoms with Gasteiger partial charge in [-0.25, -0.2) is 17.9 Å². The normalized spacial score (nSPS) is 11.4. The Balaban J connectivity index is 2.77. The number of amides is 1. The maximum absolute atomic E-state index is 11.6. The zero-order valence-electron chi connectivity index (χ0n) is 10.4. The van der Waals surface area contributed by atoms with Crippen LogP contribution in [0.25, 0.3) is 0 Å². The number of halogens is 3. The number of esters is 1. The highest BCUT2D eigenvalue weighted by Crippen LogP contribution is 2.29. The number of ether oxygens (including phenoxy) is 1. The van der Waals surface area contributed by atoms with Gasteiger partial charge in [0.2, 0.25) is 10.0 Å². The van der Waals surface area contributed by atoms with Crippen LogP contribution in [0.4, 0.5) is 0 Å². The second-order valence-electron chi connectivity index (χ2n) is 3.69. The van der Waals surface area contributed by atoms with Crippen LogP contribution in [-0.2, 0) is 19.6 Å². The molecule has 1 aromatic carbocycles. The molecule has 0 radical (unpaired) electrons. The first-order valence-electron chi connectivity index (χ1n) is 5.14. The molecule has 0 saturated heterocycles. The highest BCUT2D eigenvalue weighted by molar-refractivity contribution is 14.1. The lowest BCUT2D eigenvalue weighted by Gasteiger charge is -2.07. The van der Waals surface area contributed by atoms with E-state index in [1.807, 2.05) is 57.3 Å². The Morgan fingerprint density at radius 2 is 1.67 bits per heavy atom. The number of carbonyl (C=O) groups is 2. The van der Waals surface area contributed by atoms with Gasteiger partial charge in [0.25, 0.3) is 5.91 Å². The van der Waals surface area contributed by atoms with Crippen molar-refractivity contribution in [1.82, 2.24) is 4.72 Å². The van der Waals surface area contributed by atoms with Crippen LogP contribution in [0.1, 0.15) is 0 Å². The van der Waals surface area contributed by atoms with Crippen molar-refractivity contribution >= 4 is 89.7 Å². The first-order chi connectivity index (χ1) is 9.58. The molecule has 1 amide bonds. The predicted molar refractivity (Wildman–Crippen MR) is 102 cm³/mol. The zero-order valence-corrected chi connectivity index (χ0v) is 17.7. The third-order valence-electron chi connectivity index (χ3n) is 1.82. The lowest BCUT2D eigenvalue weighted by molar-refractivity contribution is -0.129. The summed E-state index contributed by atoms with van der Waals surface area (Å²) < 4.78 is 31.0. The van der Waals surface area contributed by atoms with Gasteiger partial charge in [0.15, 0.2) is 5.75 Å². The number of benzene rings is 1. The number of hydrogen-bond acceptors (Lipinski definition) is 5. The molecule has 0 aliphatic heterocycles. The Kier molecular flexibility index (Phi) is 7.32. The molecule has 0 aliphatic carbocycles. The molecule has 0 aromatic heterocycles. The molecule has 1 rings (SSSR count). The van der Waals surface area contributed by atoms with E-state index in [4.69, 9.17) is 4.74 Å². The summed E-state index contributed by atoms with van der Waals surface area (Å²) in [5, 5.41) is 0. The maximum atomic E-state index is 11.6. The molecule has 0 spiro atoms. The van der Waals surface area contributed by atoms with Gasteiger partial charge in [-0.15, -0.1) is 0 Å². The van der Waals surface area contributed by atoms with Crippen molar-refractivity contribution in [2.24, 2.45) is 0 Å². The molecule has 0 unspecified atom stereocenters. The third-order valence-corrected chi connectivity index (χ3v) is 4.62. The van der Waals surface area contributed by atoms with Crippen molar-refractivity contribution in [2.75, 3.05) is 6.26 Å². The van der Waals surface area contributed by atoms with Crippen LogP contribution >= 0.6 is 67.8 Å². The van der Waals surface area contributed by atoms with Crippen LogP contribution in [0.15, 0.2) is 24.3 Å². The summed E-state index contributed by atoms with van der Waals surface area (Å²) in [6, 6.07) is 3.68. The van der Waals surface area contributed by atoms with E-state index in [0.717, 1.165) is 29.1 Å². The number of sulfonamides is 1. The Bertz CT molecular complexity index is 692. The van der Waals surface area contributed by atoms with Gasteiger partial charge in [-0.2, -0.15) is 0 Å². The number of nitrogens with one attached hydrogen (secondary N) is 1. The summed E-state index contributed by atoms with van der Waals surface area (Å²) in [7, 11) is -3.65. The van der Waals surface area contributed by atoms with E-state index >= 15 is 0 Å². The molecule has 0 aliphatic rings. The number of carbonyl (C=O) groups excluding carboxylic acids is 2. The molecular formula is C11H8I3NO5S. The molecule has 0 bridgehead atoms. The van der Waals surface area contributed by atoms with Gasteiger partial charge in [-0.1, -0.05) is 0 Å². The summed E-state index contributed by atoms with van der Waals surface area (Å²) in [5.41, 5.74) is 0. The maximum Gasteiger partial charge on any atom is 0.336 e. The minimum Gasteiger partial charge on any atom is -0.421 e. The van der Waals surface area contributed by atoms with Crippen molar-refractivity contribution < 1.29 is 22.7 Å². The lowest BCUT2D eigenvalue weighted by atomic mass is 10.3. The van der Waals surface area contributed by atoms with Gasteiger partial charge in [0.1, 0.15) is 0 Å². The largest absolute Gasteiger partial charge is 0.421 e. The first-order valence-corrected chi connectivity index (χ1v) is 10.3. The average molecular weight is 647 g/mol. The molecule has 21 heavy (non-hydrogen) atoms. The Morgan fingerprint density at radius 3 is 2.14 bits per heavy atom. The van der Waals surface area contributed by atoms with Gasteiger partial charge in [-0.3, -0.25) is 4.79 Å². The van der Waals surface area contributed by atoms with E-state index in [-0.39, 0.29) is 0 Å². The minimum absolute atomic E-state index is 0.398. The van der Waals surface area contributed by atoms with E-state index in [0.29, 0.717) is 5.75 Å². The van der Waals surface area contributed by atoms with E-state index < -0.39 is 21.9 Å². The fourth-order valence-corrected chi connectivity index (χ4v) is 5.36. The van der Waals surface area contributed by atoms with Crippen LogP contribution in [0, 0.1) is 10.7 Å².